The molecule has 4 nitrogen and oxygen atoms in total. The Morgan fingerprint density at radius 2 is 1.40 bits per heavy atom. The first-order chi connectivity index (χ1) is 16.9. The molecule has 0 saturated carbocycles. The minimum atomic E-state index is -0.497. The fraction of sp³-hybridized carbons (Fsp3) is 0.0370. The second kappa shape index (κ2) is 11.6. The molecule has 176 valence electrons. The van der Waals surface area contributed by atoms with Crippen LogP contribution in [0, 0.1) is 0 Å². The zero-order valence-corrected chi connectivity index (χ0v) is 21.3. The van der Waals surface area contributed by atoms with Gasteiger partial charge in [0.15, 0.2) is 0 Å². The lowest BCUT2D eigenvalue weighted by Crippen LogP contribution is -2.19. The maximum Gasteiger partial charge on any atom is 0.257 e. The van der Waals surface area contributed by atoms with Crippen molar-refractivity contribution in [2.75, 3.05) is 10.6 Å². The van der Waals surface area contributed by atoms with E-state index < -0.39 is 5.25 Å². The van der Waals surface area contributed by atoms with E-state index in [0.717, 1.165) is 10.5 Å². The summed E-state index contributed by atoms with van der Waals surface area (Å²) in [7, 11) is 0. The summed E-state index contributed by atoms with van der Waals surface area (Å²) in [6.07, 6.45) is 0. The number of thioether (sulfide) groups is 1. The molecule has 4 aromatic rings. The quantitative estimate of drug-likeness (QED) is 0.231. The summed E-state index contributed by atoms with van der Waals surface area (Å²) in [4.78, 5) is 26.6. The smallest absolute Gasteiger partial charge is 0.257 e. The lowest BCUT2D eigenvalue weighted by Gasteiger charge is -2.17. The van der Waals surface area contributed by atoms with Gasteiger partial charge in [-0.1, -0.05) is 71.2 Å². The van der Waals surface area contributed by atoms with Crippen LogP contribution < -0.4 is 10.6 Å². The van der Waals surface area contributed by atoms with Crippen LogP contribution in [0.3, 0.4) is 0 Å². The van der Waals surface area contributed by atoms with E-state index in [1.165, 1.54) is 17.8 Å². The van der Waals surface area contributed by atoms with E-state index in [-0.39, 0.29) is 16.8 Å². The summed E-state index contributed by atoms with van der Waals surface area (Å²) < 4.78 is 0. The van der Waals surface area contributed by atoms with E-state index in [9.17, 15) is 9.59 Å². The number of hydrogen-bond donors (Lipinski definition) is 2. The first-order valence-corrected chi connectivity index (χ1v) is 12.5. The predicted molar refractivity (Wildman–Crippen MR) is 146 cm³/mol. The topological polar surface area (TPSA) is 58.2 Å². The van der Waals surface area contributed by atoms with Gasteiger partial charge in [-0.2, -0.15) is 0 Å². The number of amides is 2. The van der Waals surface area contributed by atoms with Crippen LogP contribution in [0.5, 0.6) is 0 Å². The van der Waals surface area contributed by atoms with Crippen LogP contribution in [-0.4, -0.2) is 11.8 Å². The highest BCUT2D eigenvalue weighted by Crippen LogP contribution is 2.37. The second-order valence-electron chi connectivity index (χ2n) is 7.51. The van der Waals surface area contributed by atoms with Gasteiger partial charge in [-0.3, -0.25) is 9.59 Å². The van der Waals surface area contributed by atoms with Crippen molar-refractivity contribution in [3.05, 3.63) is 123 Å². The standard InChI is InChI=1S/C27H19Cl3N2O2S/c28-18-7-4-8-21(15-18)32-27(34)25(17-5-2-1-3-6-17)35-22-12-10-20(11-13-22)31-26(33)23-14-9-19(29)16-24(23)30/h1-16,25H,(H,31,33)(H,32,34). The Hall–Kier alpha value is -2.96. The van der Waals surface area contributed by atoms with E-state index in [0.29, 0.717) is 27.0 Å². The predicted octanol–water partition coefficient (Wildman–Crippen LogP) is 8.37. The van der Waals surface area contributed by atoms with Crippen LogP contribution in [0.1, 0.15) is 21.2 Å². The van der Waals surface area contributed by atoms with E-state index in [2.05, 4.69) is 10.6 Å². The first kappa shape index (κ1) is 25.1. The molecule has 2 N–H and O–H groups in total. The summed E-state index contributed by atoms with van der Waals surface area (Å²) >= 11 is 19.5. The minimum Gasteiger partial charge on any atom is -0.325 e. The van der Waals surface area contributed by atoms with Gasteiger partial charge in [0.2, 0.25) is 5.91 Å². The third kappa shape index (κ3) is 6.80. The molecule has 0 aliphatic heterocycles. The molecule has 0 aliphatic rings. The van der Waals surface area contributed by atoms with Gasteiger partial charge in [0.25, 0.3) is 5.91 Å². The third-order valence-electron chi connectivity index (χ3n) is 4.97. The van der Waals surface area contributed by atoms with E-state index in [4.69, 9.17) is 34.8 Å². The molecule has 1 unspecified atom stereocenters. The van der Waals surface area contributed by atoms with Crippen molar-refractivity contribution in [2.45, 2.75) is 10.1 Å². The highest BCUT2D eigenvalue weighted by atomic mass is 35.5. The maximum absolute atomic E-state index is 13.2. The number of carbonyl (C=O) groups excluding carboxylic acids is 2. The Kier molecular flexibility index (Phi) is 8.37. The van der Waals surface area contributed by atoms with Gasteiger partial charge >= 0.3 is 0 Å². The normalized spacial score (nSPS) is 11.5. The van der Waals surface area contributed by atoms with Crippen molar-refractivity contribution >= 4 is 69.8 Å². The van der Waals surface area contributed by atoms with Gasteiger partial charge in [0.05, 0.1) is 10.6 Å². The average Bonchev–Trinajstić information content (AvgIpc) is 2.84. The van der Waals surface area contributed by atoms with Crippen molar-refractivity contribution in [3.63, 3.8) is 0 Å². The molecule has 0 bridgehead atoms. The van der Waals surface area contributed by atoms with Gasteiger partial charge in [-0.25, -0.2) is 0 Å². The molecule has 0 spiro atoms. The van der Waals surface area contributed by atoms with Crippen molar-refractivity contribution in [1.82, 2.24) is 0 Å². The molecule has 35 heavy (non-hydrogen) atoms. The fourth-order valence-corrected chi connectivity index (χ4v) is 5.01. The van der Waals surface area contributed by atoms with E-state index in [1.54, 1.807) is 48.5 Å². The summed E-state index contributed by atoms with van der Waals surface area (Å²) in [6, 6.07) is 28.5. The van der Waals surface area contributed by atoms with Gasteiger partial charge in [-0.05, 0) is 66.2 Å². The van der Waals surface area contributed by atoms with Crippen molar-refractivity contribution < 1.29 is 9.59 Å². The highest BCUT2D eigenvalue weighted by Gasteiger charge is 2.22. The number of carbonyl (C=O) groups is 2. The Morgan fingerprint density at radius 3 is 2.09 bits per heavy atom. The Balaban J connectivity index is 1.49. The number of hydrogen-bond acceptors (Lipinski definition) is 3. The van der Waals surface area contributed by atoms with Crippen LogP contribution in [0.25, 0.3) is 0 Å². The summed E-state index contributed by atoms with van der Waals surface area (Å²) in [5.41, 5.74) is 2.43. The molecule has 0 saturated heterocycles. The molecule has 0 aromatic heterocycles. The monoisotopic (exact) mass is 540 g/mol. The molecular formula is C27H19Cl3N2O2S. The molecule has 0 fully saturated rings. The van der Waals surface area contributed by atoms with Crippen LogP contribution in [0.2, 0.25) is 15.1 Å². The fourth-order valence-electron chi connectivity index (χ4n) is 3.30. The lowest BCUT2D eigenvalue weighted by atomic mass is 10.1. The molecule has 4 aromatic carbocycles. The SMILES string of the molecule is O=C(Nc1ccc(SC(C(=O)Nc2cccc(Cl)c2)c2ccccc2)cc1)c1ccc(Cl)cc1Cl. The minimum absolute atomic E-state index is 0.168. The van der Waals surface area contributed by atoms with Gasteiger partial charge in [0.1, 0.15) is 5.25 Å². The molecule has 0 aliphatic carbocycles. The highest BCUT2D eigenvalue weighted by molar-refractivity contribution is 8.00. The molecule has 2 amide bonds. The first-order valence-electron chi connectivity index (χ1n) is 10.5. The third-order valence-corrected chi connectivity index (χ3v) is 7.02. The van der Waals surface area contributed by atoms with Crippen LogP contribution in [-0.2, 0) is 4.79 Å². The number of benzene rings is 4. The van der Waals surface area contributed by atoms with Crippen LogP contribution in [0.15, 0.2) is 102 Å². The zero-order valence-electron chi connectivity index (χ0n) is 18.2. The molecule has 1 atom stereocenters. The lowest BCUT2D eigenvalue weighted by molar-refractivity contribution is -0.115. The number of rotatable bonds is 7. The molecular weight excluding hydrogens is 523 g/mol. The van der Waals surface area contributed by atoms with Crippen molar-refractivity contribution in [1.29, 1.82) is 0 Å². The van der Waals surface area contributed by atoms with E-state index >= 15 is 0 Å². The van der Waals surface area contributed by atoms with Gasteiger partial charge in [0, 0.05) is 26.3 Å². The zero-order chi connectivity index (χ0) is 24.8. The Labute approximate surface area is 222 Å². The number of halogens is 3. The molecule has 0 radical (unpaired) electrons. The summed E-state index contributed by atoms with van der Waals surface area (Å²) in [6.45, 7) is 0. The Bertz CT molecular complexity index is 1350. The number of nitrogens with one attached hydrogen (secondary N) is 2. The van der Waals surface area contributed by atoms with Gasteiger partial charge in [-0.15, -0.1) is 11.8 Å². The molecule has 8 heteroatoms. The second-order valence-corrected chi connectivity index (χ2v) is 9.97. The van der Waals surface area contributed by atoms with Crippen molar-refractivity contribution in [3.8, 4) is 0 Å². The number of anilines is 2. The summed E-state index contributed by atoms with van der Waals surface area (Å²) in [5.74, 6) is -0.506. The summed E-state index contributed by atoms with van der Waals surface area (Å²) in [5, 5.41) is 6.55. The van der Waals surface area contributed by atoms with Crippen LogP contribution >= 0.6 is 46.6 Å². The van der Waals surface area contributed by atoms with Gasteiger partial charge < -0.3 is 10.6 Å². The van der Waals surface area contributed by atoms with Crippen LogP contribution in [0.4, 0.5) is 11.4 Å². The average molecular weight is 542 g/mol. The van der Waals surface area contributed by atoms with Crippen molar-refractivity contribution in [2.24, 2.45) is 0 Å². The Morgan fingerprint density at radius 1 is 0.686 bits per heavy atom. The molecule has 0 heterocycles. The molecule has 4 rings (SSSR count). The van der Waals surface area contributed by atoms with E-state index in [1.807, 2.05) is 42.5 Å². The largest absolute Gasteiger partial charge is 0.325 e. The maximum atomic E-state index is 13.2.